The Kier molecular flexibility index (Phi) is 3.22. The molecule has 0 saturated carbocycles. The molecule has 1 heterocycles. The summed E-state index contributed by atoms with van der Waals surface area (Å²) < 4.78 is 0.337. The molecule has 0 fully saturated rings. The van der Waals surface area contributed by atoms with E-state index in [2.05, 4.69) is 20.9 Å². The van der Waals surface area contributed by atoms with Gasteiger partial charge in [-0.2, -0.15) is 0 Å². The van der Waals surface area contributed by atoms with E-state index in [0.717, 1.165) is 0 Å². The van der Waals surface area contributed by atoms with E-state index in [9.17, 15) is 0 Å². The monoisotopic (exact) mass is 231 g/mol. The molecule has 0 unspecified atom stereocenters. The molecule has 1 rings (SSSR count). The molecule has 0 bridgehead atoms. The Morgan fingerprint density at radius 3 is 2.58 bits per heavy atom. The van der Waals surface area contributed by atoms with Gasteiger partial charge in [-0.25, -0.2) is 4.98 Å². The second kappa shape index (κ2) is 4.00. The third-order valence-electron chi connectivity index (χ3n) is 1.46. The summed E-state index contributed by atoms with van der Waals surface area (Å²) in [5.74, 6) is 0. The quantitative estimate of drug-likeness (QED) is 0.452. The molecule has 0 saturated heterocycles. The highest BCUT2D eigenvalue weighted by molar-refractivity contribution is 9.10. The number of hydrogen-bond donors (Lipinski definition) is 3. The Morgan fingerprint density at radius 1 is 1.50 bits per heavy atom. The van der Waals surface area contributed by atoms with Crippen LogP contribution < -0.4 is 5.46 Å². The van der Waals surface area contributed by atoms with Crippen molar-refractivity contribution in [3.05, 3.63) is 22.4 Å². The van der Waals surface area contributed by atoms with E-state index < -0.39 is 7.12 Å². The second-order valence-corrected chi connectivity index (χ2v) is 2.96. The molecule has 0 aliphatic carbocycles. The molecule has 12 heavy (non-hydrogen) atoms. The Balaban J connectivity index is 3.20. The minimum atomic E-state index is -1.62. The van der Waals surface area contributed by atoms with Gasteiger partial charge in [0.05, 0.1) is 6.61 Å². The summed E-state index contributed by atoms with van der Waals surface area (Å²) >= 11 is 3.05. The molecule has 0 atom stereocenters. The zero-order valence-electron chi connectivity index (χ0n) is 6.11. The van der Waals surface area contributed by atoms with Crippen molar-refractivity contribution < 1.29 is 15.2 Å². The average Bonchev–Trinajstić information content (AvgIpc) is 2.03. The summed E-state index contributed by atoms with van der Waals surface area (Å²) in [5, 5.41) is 26.6. The van der Waals surface area contributed by atoms with Crippen molar-refractivity contribution in [2.45, 2.75) is 6.61 Å². The molecule has 0 aliphatic rings. The van der Waals surface area contributed by atoms with Crippen LogP contribution in [0.25, 0.3) is 0 Å². The number of pyridine rings is 1. The largest absolute Gasteiger partial charge is 0.491 e. The van der Waals surface area contributed by atoms with Crippen LogP contribution in [-0.2, 0) is 6.61 Å². The van der Waals surface area contributed by atoms with Gasteiger partial charge in [0.25, 0.3) is 0 Å². The van der Waals surface area contributed by atoms with Gasteiger partial charge in [-0.15, -0.1) is 0 Å². The van der Waals surface area contributed by atoms with Crippen molar-refractivity contribution in [3.8, 4) is 0 Å². The van der Waals surface area contributed by atoms with Crippen LogP contribution in [0.1, 0.15) is 5.56 Å². The van der Waals surface area contributed by atoms with Crippen LogP contribution >= 0.6 is 15.9 Å². The Morgan fingerprint density at radius 2 is 2.17 bits per heavy atom. The highest BCUT2D eigenvalue weighted by Crippen LogP contribution is 2.06. The fraction of sp³-hybridized carbons (Fsp3) is 0.167. The smallest absolute Gasteiger partial charge is 0.423 e. The molecule has 3 N–H and O–H groups in total. The molecule has 0 amide bonds. The zero-order chi connectivity index (χ0) is 9.14. The Labute approximate surface area is 78.2 Å². The normalized spacial score (nSPS) is 10.0. The van der Waals surface area contributed by atoms with Gasteiger partial charge in [-0.1, -0.05) is 0 Å². The number of hydrogen-bond acceptors (Lipinski definition) is 4. The van der Waals surface area contributed by atoms with Crippen LogP contribution in [0.3, 0.4) is 0 Å². The molecular weight excluding hydrogens is 225 g/mol. The maximum absolute atomic E-state index is 8.89. The van der Waals surface area contributed by atoms with Crippen LogP contribution in [0.2, 0.25) is 0 Å². The molecule has 64 valence electrons. The van der Waals surface area contributed by atoms with Gasteiger partial charge in [0, 0.05) is 11.7 Å². The minimum Gasteiger partial charge on any atom is -0.423 e. The first-order valence-electron chi connectivity index (χ1n) is 3.27. The van der Waals surface area contributed by atoms with Crippen LogP contribution in [-0.4, -0.2) is 27.3 Å². The number of aliphatic hydroxyl groups excluding tert-OH is 1. The molecule has 4 nitrogen and oxygen atoms in total. The van der Waals surface area contributed by atoms with Gasteiger partial charge in [-0.3, -0.25) is 0 Å². The second-order valence-electron chi connectivity index (χ2n) is 2.21. The third kappa shape index (κ3) is 1.84. The van der Waals surface area contributed by atoms with E-state index >= 15 is 0 Å². The first-order chi connectivity index (χ1) is 5.66. The first-order valence-corrected chi connectivity index (χ1v) is 4.06. The van der Waals surface area contributed by atoms with E-state index in [1.807, 2.05) is 0 Å². The van der Waals surface area contributed by atoms with Gasteiger partial charge >= 0.3 is 7.12 Å². The van der Waals surface area contributed by atoms with E-state index in [4.69, 9.17) is 15.2 Å². The van der Waals surface area contributed by atoms with Gasteiger partial charge in [0.1, 0.15) is 4.60 Å². The van der Waals surface area contributed by atoms with Crippen LogP contribution in [0.5, 0.6) is 0 Å². The van der Waals surface area contributed by atoms with Gasteiger partial charge in [-0.05, 0) is 27.6 Å². The SMILES string of the molecule is OCc1ccnc(Br)c1B(O)O. The van der Waals surface area contributed by atoms with Crippen molar-refractivity contribution in [2.24, 2.45) is 0 Å². The number of halogens is 1. The molecule has 0 spiro atoms. The van der Waals surface area contributed by atoms with Crippen LogP contribution in [0.15, 0.2) is 16.9 Å². The first kappa shape index (κ1) is 9.66. The highest BCUT2D eigenvalue weighted by Gasteiger charge is 2.19. The summed E-state index contributed by atoms with van der Waals surface area (Å²) in [6.45, 7) is -0.242. The number of rotatable bonds is 2. The van der Waals surface area contributed by atoms with E-state index in [1.165, 1.54) is 12.3 Å². The molecule has 6 heteroatoms. The molecular formula is C6H7BBrNO3. The van der Waals surface area contributed by atoms with Gasteiger partial charge < -0.3 is 15.2 Å². The van der Waals surface area contributed by atoms with Crippen molar-refractivity contribution >= 4 is 28.5 Å². The summed E-state index contributed by atoms with van der Waals surface area (Å²) in [4.78, 5) is 3.79. The Bertz CT molecular complexity index is 281. The summed E-state index contributed by atoms with van der Waals surface area (Å²) in [6.07, 6.45) is 1.47. The fourth-order valence-corrected chi connectivity index (χ4v) is 1.47. The number of aromatic nitrogens is 1. The van der Waals surface area contributed by atoms with E-state index in [-0.39, 0.29) is 12.1 Å². The standard InChI is InChI=1S/C6H7BBrNO3/c8-6-5(7(11)12)4(3-10)1-2-9-6/h1-2,10-12H,3H2. The fourth-order valence-electron chi connectivity index (χ4n) is 0.895. The van der Waals surface area contributed by atoms with Crippen LogP contribution in [0, 0.1) is 0 Å². The predicted octanol–water partition coefficient (Wildman–Crippen LogP) is -0.984. The molecule has 0 aromatic carbocycles. The van der Waals surface area contributed by atoms with E-state index in [0.29, 0.717) is 10.2 Å². The van der Waals surface area contributed by atoms with Crippen molar-refractivity contribution in [1.82, 2.24) is 4.98 Å². The summed E-state index contributed by atoms with van der Waals surface area (Å²) in [5.41, 5.74) is 0.659. The lowest BCUT2D eigenvalue weighted by atomic mass is 9.78. The van der Waals surface area contributed by atoms with Crippen molar-refractivity contribution in [3.63, 3.8) is 0 Å². The average molecular weight is 232 g/mol. The van der Waals surface area contributed by atoms with Crippen LogP contribution in [0.4, 0.5) is 0 Å². The maximum Gasteiger partial charge on any atom is 0.491 e. The van der Waals surface area contributed by atoms with Crippen molar-refractivity contribution in [2.75, 3.05) is 0 Å². The lowest BCUT2D eigenvalue weighted by Crippen LogP contribution is -2.34. The minimum absolute atomic E-state index is 0.208. The summed E-state index contributed by atoms with van der Waals surface area (Å²) in [7, 11) is -1.62. The van der Waals surface area contributed by atoms with E-state index in [1.54, 1.807) is 0 Å². The third-order valence-corrected chi connectivity index (χ3v) is 2.09. The van der Waals surface area contributed by atoms with Gasteiger partial charge in [0.15, 0.2) is 0 Å². The molecule has 0 aliphatic heterocycles. The number of nitrogens with zero attached hydrogens (tertiary/aromatic N) is 1. The number of aliphatic hydroxyl groups is 1. The predicted molar refractivity (Wildman–Crippen MR) is 47.7 cm³/mol. The van der Waals surface area contributed by atoms with Gasteiger partial charge in [0.2, 0.25) is 0 Å². The molecule has 1 aromatic rings. The maximum atomic E-state index is 8.89. The highest BCUT2D eigenvalue weighted by atomic mass is 79.9. The molecule has 1 aromatic heterocycles. The van der Waals surface area contributed by atoms with Crippen molar-refractivity contribution in [1.29, 1.82) is 0 Å². The summed E-state index contributed by atoms with van der Waals surface area (Å²) in [6, 6.07) is 1.53. The Hall–Kier alpha value is -0.425. The topological polar surface area (TPSA) is 73.6 Å². The lowest BCUT2D eigenvalue weighted by molar-refractivity contribution is 0.282. The zero-order valence-corrected chi connectivity index (χ0v) is 7.69. The molecule has 0 radical (unpaired) electrons. The lowest BCUT2D eigenvalue weighted by Gasteiger charge is -2.06.